The molecular weight excluding hydrogens is 334 g/mol. The molecule has 1 aromatic carbocycles. The topological polar surface area (TPSA) is 70.8 Å². The van der Waals surface area contributed by atoms with Gasteiger partial charge < -0.3 is 9.52 Å². The number of carboxylic acid groups (broad SMARTS) is 1. The standard InChI is InChI=1S/C16H11NO4S2/c18-14-13(8-10-3-5-11(6-4-10)15(19)20)23-16(22)17(14)9-12-2-1-7-21-12/h1-8H,9H2,(H,19,20)/b13-8-. The minimum absolute atomic E-state index is 0.182. The van der Waals surface area contributed by atoms with Crippen LogP contribution in [0.5, 0.6) is 0 Å². The second-order valence-corrected chi connectivity index (χ2v) is 6.45. The van der Waals surface area contributed by atoms with E-state index in [1.807, 2.05) is 0 Å². The highest BCUT2D eigenvalue weighted by Crippen LogP contribution is 2.33. The number of hydrogen-bond acceptors (Lipinski definition) is 5. The van der Waals surface area contributed by atoms with Gasteiger partial charge in [0.25, 0.3) is 5.91 Å². The summed E-state index contributed by atoms with van der Waals surface area (Å²) in [6.07, 6.45) is 3.25. The Balaban J connectivity index is 1.79. The first-order valence-electron chi connectivity index (χ1n) is 6.66. The third kappa shape index (κ3) is 3.35. The number of aromatic carboxylic acids is 1. The molecule has 0 atom stereocenters. The first-order valence-corrected chi connectivity index (χ1v) is 7.88. The van der Waals surface area contributed by atoms with Crippen LogP contribution in [0.25, 0.3) is 6.08 Å². The summed E-state index contributed by atoms with van der Waals surface area (Å²) in [4.78, 5) is 25.3. The van der Waals surface area contributed by atoms with E-state index >= 15 is 0 Å². The number of nitrogens with zero attached hydrogens (tertiary/aromatic N) is 1. The number of carbonyl (C=O) groups is 2. The third-order valence-electron chi connectivity index (χ3n) is 3.22. The summed E-state index contributed by atoms with van der Waals surface area (Å²) >= 11 is 6.47. The Kier molecular flexibility index (Phi) is 4.31. The van der Waals surface area contributed by atoms with Gasteiger partial charge in [-0.05, 0) is 35.9 Å². The Hall–Kier alpha value is -2.38. The molecule has 5 nitrogen and oxygen atoms in total. The van der Waals surface area contributed by atoms with Crippen LogP contribution in [0.4, 0.5) is 0 Å². The molecule has 1 aromatic heterocycles. The lowest BCUT2D eigenvalue weighted by atomic mass is 10.1. The van der Waals surface area contributed by atoms with Gasteiger partial charge in [0.05, 0.1) is 23.3 Å². The summed E-state index contributed by atoms with van der Waals surface area (Å²) in [6, 6.07) is 9.85. The number of thioether (sulfide) groups is 1. The molecule has 1 amide bonds. The minimum Gasteiger partial charge on any atom is -0.478 e. The summed E-state index contributed by atoms with van der Waals surface area (Å²) in [5.74, 6) is -0.506. The molecule has 1 aliphatic heterocycles. The van der Waals surface area contributed by atoms with Crippen molar-refractivity contribution in [2.45, 2.75) is 6.54 Å². The first-order chi connectivity index (χ1) is 11.0. The number of rotatable bonds is 4. The van der Waals surface area contributed by atoms with Crippen LogP contribution in [0.2, 0.25) is 0 Å². The van der Waals surface area contributed by atoms with Crippen molar-refractivity contribution in [3.63, 3.8) is 0 Å². The number of carbonyl (C=O) groups excluding carboxylic acids is 1. The van der Waals surface area contributed by atoms with Crippen molar-refractivity contribution in [1.29, 1.82) is 0 Å². The van der Waals surface area contributed by atoms with Crippen molar-refractivity contribution in [2.75, 3.05) is 0 Å². The van der Waals surface area contributed by atoms with Gasteiger partial charge in [-0.3, -0.25) is 9.69 Å². The highest BCUT2D eigenvalue weighted by atomic mass is 32.2. The van der Waals surface area contributed by atoms with E-state index in [1.54, 1.807) is 36.6 Å². The number of furan rings is 1. The van der Waals surface area contributed by atoms with Crippen LogP contribution >= 0.6 is 24.0 Å². The quantitative estimate of drug-likeness (QED) is 0.677. The molecule has 23 heavy (non-hydrogen) atoms. The lowest BCUT2D eigenvalue weighted by Gasteiger charge is -2.11. The zero-order valence-electron chi connectivity index (χ0n) is 11.8. The Bertz CT molecular complexity index is 794. The van der Waals surface area contributed by atoms with Crippen LogP contribution in [0.1, 0.15) is 21.7 Å². The zero-order chi connectivity index (χ0) is 16.4. The fourth-order valence-electron chi connectivity index (χ4n) is 2.07. The first kappa shape index (κ1) is 15.5. The fraction of sp³-hybridized carbons (Fsp3) is 0.0625. The molecule has 1 aliphatic rings. The van der Waals surface area contributed by atoms with Crippen molar-refractivity contribution in [3.05, 3.63) is 64.5 Å². The lowest BCUT2D eigenvalue weighted by Crippen LogP contribution is -2.27. The average Bonchev–Trinajstić information content (AvgIpc) is 3.12. The van der Waals surface area contributed by atoms with Crippen LogP contribution in [-0.4, -0.2) is 26.2 Å². The van der Waals surface area contributed by atoms with Crippen molar-refractivity contribution < 1.29 is 19.1 Å². The molecule has 0 bridgehead atoms. The second-order valence-electron chi connectivity index (χ2n) is 4.77. The lowest BCUT2D eigenvalue weighted by molar-refractivity contribution is -0.122. The predicted octanol–water partition coefficient (Wildman–Crippen LogP) is 3.38. The summed E-state index contributed by atoms with van der Waals surface area (Å²) in [5, 5.41) is 8.89. The number of benzene rings is 1. The molecule has 3 rings (SSSR count). The smallest absolute Gasteiger partial charge is 0.335 e. The van der Waals surface area contributed by atoms with Gasteiger partial charge in [0, 0.05) is 0 Å². The summed E-state index contributed by atoms with van der Waals surface area (Å²) in [7, 11) is 0. The Labute approximate surface area is 141 Å². The summed E-state index contributed by atoms with van der Waals surface area (Å²) in [6.45, 7) is 0.299. The minimum atomic E-state index is -0.985. The number of hydrogen-bond donors (Lipinski definition) is 1. The van der Waals surface area contributed by atoms with Gasteiger partial charge in [0.15, 0.2) is 0 Å². The van der Waals surface area contributed by atoms with Gasteiger partial charge in [-0.15, -0.1) is 0 Å². The molecule has 1 N–H and O–H groups in total. The van der Waals surface area contributed by atoms with E-state index in [9.17, 15) is 9.59 Å². The Morgan fingerprint density at radius 1 is 1.30 bits per heavy atom. The van der Waals surface area contributed by atoms with Gasteiger partial charge in [-0.2, -0.15) is 0 Å². The third-order valence-corrected chi connectivity index (χ3v) is 4.60. The van der Waals surface area contributed by atoms with E-state index in [1.165, 1.54) is 28.8 Å². The van der Waals surface area contributed by atoms with Crippen molar-refractivity contribution in [1.82, 2.24) is 4.90 Å². The van der Waals surface area contributed by atoms with Crippen LogP contribution in [0.15, 0.2) is 52.0 Å². The molecule has 1 fully saturated rings. The van der Waals surface area contributed by atoms with E-state index in [2.05, 4.69) is 0 Å². The maximum atomic E-state index is 12.4. The van der Waals surface area contributed by atoms with Gasteiger partial charge in [-0.25, -0.2) is 4.79 Å². The van der Waals surface area contributed by atoms with Crippen LogP contribution < -0.4 is 0 Å². The zero-order valence-corrected chi connectivity index (χ0v) is 13.4. The second kappa shape index (κ2) is 6.39. The molecule has 1 saturated heterocycles. The number of thiocarbonyl (C=S) groups is 1. The molecule has 2 heterocycles. The molecule has 0 aliphatic carbocycles. The van der Waals surface area contributed by atoms with Crippen LogP contribution in [-0.2, 0) is 11.3 Å². The largest absolute Gasteiger partial charge is 0.478 e. The normalized spacial score (nSPS) is 16.3. The number of carboxylic acids is 1. The molecule has 0 radical (unpaired) electrons. The molecule has 0 spiro atoms. The maximum absolute atomic E-state index is 12.4. The van der Waals surface area contributed by atoms with Gasteiger partial charge in [-0.1, -0.05) is 36.1 Å². The van der Waals surface area contributed by atoms with Crippen molar-refractivity contribution >= 4 is 46.3 Å². The summed E-state index contributed by atoms with van der Waals surface area (Å²) in [5.41, 5.74) is 0.945. The maximum Gasteiger partial charge on any atom is 0.335 e. The van der Waals surface area contributed by atoms with E-state index in [0.29, 0.717) is 21.5 Å². The molecular formula is C16H11NO4S2. The van der Waals surface area contributed by atoms with E-state index in [-0.39, 0.29) is 11.5 Å². The van der Waals surface area contributed by atoms with Gasteiger partial charge in [0.2, 0.25) is 0 Å². The molecule has 2 aromatic rings. The highest BCUT2D eigenvalue weighted by Gasteiger charge is 2.32. The molecule has 116 valence electrons. The van der Waals surface area contributed by atoms with Crippen LogP contribution in [0.3, 0.4) is 0 Å². The highest BCUT2D eigenvalue weighted by molar-refractivity contribution is 8.26. The fourth-order valence-corrected chi connectivity index (χ4v) is 3.32. The van der Waals surface area contributed by atoms with Gasteiger partial charge >= 0.3 is 5.97 Å². The van der Waals surface area contributed by atoms with Gasteiger partial charge in [0.1, 0.15) is 10.1 Å². The predicted molar refractivity (Wildman–Crippen MR) is 90.8 cm³/mol. The average molecular weight is 345 g/mol. The molecule has 0 saturated carbocycles. The number of amides is 1. The monoisotopic (exact) mass is 345 g/mol. The molecule has 0 unspecified atom stereocenters. The van der Waals surface area contributed by atoms with E-state index in [4.69, 9.17) is 21.7 Å². The SMILES string of the molecule is O=C(O)c1ccc(/C=C2\SC(=S)N(Cc3ccco3)C2=O)cc1. The van der Waals surface area contributed by atoms with Crippen molar-refractivity contribution in [3.8, 4) is 0 Å². The molecule has 7 heteroatoms. The van der Waals surface area contributed by atoms with E-state index < -0.39 is 5.97 Å². The summed E-state index contributed by atoms with van der Waals surface area (Å²) < 4.78 is 5.72. The Morgan fingerprint density at radius 3 is 2.65 bits per heavy atom. The van der Waals surface area contributed by atoms with E-state index in [0.717, 1.165) is 5.56 Å². The van der Waals surface area contributed by atoms with Crippen molar-refractivity contribution in [2.24, 2.45) is 0 Å². The Morgan fingerprint density at radius 2 is 2.04 bits per heavy atom. The van der Waals surface area contributed by atoms with Crippen LogP contribution in [0, 0.1) is 0 Å².